The molecule has 146 valence electrons. The summed E-state index contributed by atoms with van der Waals surface area (Å²) in [6.45, 7) is 4.78. The largest absolute Gasteiger partial charge is 0.497 e. The van der Waals surface area contributed by atoms with Crippen LogP contribution in [0.3, 0.4) is 0 Å². The van der Waals surface area contributed by atoms with Crippen molar-refractivity contribution in [3.63, 3.8) is 0 Å². The number of rotatable bonds is 7. The molecule has 2 aromatic rings. The number of benzene rings is 1. The molecule has 0 saturated heterocycles. The van der Waals surface area contributed by atoms with Crippen LogP contribution in [0.1, 0.15) is 46.0 Å². The van der Waals surface area contributed by atoms with Gasteiger partial charge >= 0.3 is 0 Å². The van der Waals surface area contributed by atoms with Crippen LogP contribution in [0.25, 0.3) is 11.4 Å². The second kappa shape index (κ2) is 9.26. The van der Waals surface area contributed by atoms with Crippen LogP contribution in [0.5, 0.6) is 5.75 Å². The van der Waals surface area contributed by atoms with Crippen LogP contribution in [-0.2, 0) is 4.79 Å². The first-order valence-corrected chi connectivity index (χ1v) is 10.5. The van der Waals surface area contributed by atoms with E-state index in [4.69, 9.17) is 4.74 Å². The minimum Gasteiger partial charge on any atom is -0.497 e. The molecular weight excluding hydrogens is 360 g/mol. The van der Waals surface area contributed by atoms with Gasteiger partial charge in [-0.15, -0.1) is 5.10 Å². The van der Waals surface area contributed by atoms with E-state index in [0.717, 1.165) is 30.7 Å². The number of aromatic amines is 1. The van der Waals surface area contributed by atoms with Crippen LogP contribution in [0.2, 0.25) is 0 Å². The summed E-state index contributed by atoms with van der Waals surface area (Å²) < 4.78 is 5.18. The van der Waals surface area contributed by atoms with Crippen molar-refractivity contribution in [2.75, 3.05) is 13.7 Å². The van der Waals surface area contributed by atoms with Gasteiger partial charge in [0.1, 0.15) is 5.75 Å². The van der Waals surface area contributed by atoms with Gasteiger partial charge in [-0.25, -0.2) is 4.98 Å². The normalized spacial score (nSPS) is 16.1. The molecule has 1 heterocycles. The Balaban J connectivity index is 1.63. The molecule has 1 aliphatic carbocycles. The first-order valence-electron chi connectivity index (χ1n) is 9.66. The first-order chi connectivity index (χ1) is 13.1. The van der Waals surface area contributed by atoms with Crippen molar-refractivity contribution in [1.29, 1.82) is 0 Å². The number of amides is 1. The highest BCUT2D eigenvalue weighted by Crippen LogP contribution is 2.28. The lowest BCUT2D eigenvalue weighted by atomic mass is 9.94. The van der Waals surface area contributed by atoms with Crippen molar-refractivity contribution in [3.8, 4) is 17.1 Å². The molecule has 0 radical (unpaired) electrons. The molecule has 27 heavy (non-hydrogen) atoms. The summed E-state index contributed by atoms with van der Waals surface area (Å²) in [6.07, 6.45) is 5.99. The molecule has 0 bridgehead atoms. The van der Waals surface area contributed by atoms with Crippen LogP contribution >= 0.6 is 11.8 Å². The van der Waals surface area contributed by atoms with Crippen molar-refractivity contribution in [2.45, 2.75) is 62.4 Å². The number of carbonyl (C=O) groups excluding carboxylic acids is 1. The smallest absolute Gasteiger partial charge is 0.236 e. The van der Waals surface area contributed by atoms with Crippen LogP contribution in [0.15, 0.2) is 29.4 Å². The van der Waals surface area contributed by atoms with Crippen LogP contribution < -0.4 is 4.74 Å². The van der Waals surface area contributed by atoms with Gasteiger partial charge in [-0.3, -0.25) is 9.89 Å². The van der Waals surface area contributed by atoms with E-state index in [1.807, 2.05) is 36.1 Å². The number of nitrogens with zero attached hydrogens (tertiary/aromatic N) is 3. The lowest BCUT2D eigenvalue weighted by molar-refractivity contribution is -0.133. The third-order valence-corrected chi connectivity index (χ3v) is 6.05. The predicted molar refractivity (Wildman–Crippen MR) is 108 cm³/mol. The van der Waals surface area contributed by atoms with Crippen molar-refractivity contribution < 1.29 is 9.53 Å². The van der Waals surface area contributed by atoms with Gasteiger partial charge in [0.25, 0.3) is 0 Å². The fourth-order valence-corrected chi connectivity index (χ4v) is 4.40. The minimum absolute atomic E-state index is 0.185. The Morgan fingerprint density at radius 2 is 2.00 bits per heavy atom. The van der Waals surface area contributed by atoms with E-state index >= 15 is 0 Å². The van der Waals surface area contributed by atoms with E-state index in [1.165, 1.54) is 31.0 Å². The SMILES string of the molecule is CCN(C(=O)[C@H](C)Sc1n[nH]c(-c2ccc(OC)cc2)n1)C1CCCCC1. The molecule has 3 rings (SSSR count). The topological polar surface area (TPSA) is 71.1 Å². The van der Waals surface area contributed by atoms with E-state index < -0.39 is 0 Å². The maximum Gasteiger partial charge on any atom is 0.236 e. The number of hydrogen-bond donors (Lipinski definition) is 1. The lowest BCUT2D eigenvalue weighted by Crippen LogP contribution is -2.44. The molecule has 1 N–H and O–H groups in total. The molecule has 1 aliphatic rings. The van der Waals surface area contributed by atoms with Crippen molar-refractivity contribution >= 4 is 17.7 Å². The molecule has 0 unspecified atom stereocenters. The van der Waals surface area contributed by atoms with Gasteiger partial charge in [0.2, 0.25) is 11.1 Å². The van der Waals surface area contributed by atoms with Gasteiger partial charge in [0, 0.05) is 18.2 Å². The minimum atomic E-state index is -0.202. The van der Waals surface area contributed by atoms with E-state index in [-0.39, 0.29) is 11.2 Å². The molecule has 6 nitrogen and oxygen atoms in total. The molecule has 1 amide bonds. The van der Waals surface area contributed by atoms with Gasteiger partial charge in [-0.2, -0.15) is 0 Å². The summed E-state index contributed by atoms with van der Waals surface area (Å²) in [5, 5.41) is 7.64. The zero-order chi connectivity index (χ0) is 19.2. The highest BCUT2D eigenvalue weighted by Gasteiger charge is 2.28. The van der Waals surface area contributed by atoms with Crippen LogP contribution in [0.4, 0.5) is 0 Å². The van der Waals surface area contributed by atoms with Gasteiger partial charge in [0.15, 0.2) is 5.82 Å². The van der Waals surface area contributed by atoms with Gasteiger partial charge < -0.3 is 9.64 Å². The van der Waals surface area contributed by atoms with E-state index in [1.54, 1.807) is 7.11 Å². The molecule has 0 aliphatic heterocycles. The highest BCUT2D eigenvalue weighted by molar-refractivity contribution is 8.00. The number of hydrogen-bond acceptors (Lipinski definition) is 5. The third kappa shape index (κ3) is 4.83. The second-order valence-electron chi connectivity index (χ2n) is 6.87. The Morgan fingerprint density at radius 1 is 1.30 bits per heavy atom. The fraction of sp³-hybridized carbons (Fsp3) is 0.550. The van der Waals surface area contributed by atoms with Gasteiger partial charge in [0.05, 0.1) is 12.4 Å². The standard InChI is InChI=1S/C20H28N4O2S/c1-4-24(16-8-6-5-7-9-16)19(25)14(2)27-20-21-18(22-23-20)15-10-12-17(26-3)13-11-15/h10-14,16H,4-9H2,1-3H3,(H,21,22,23)/t14-/m0/s1. The monoisotopic (exact) mass is 388 g/mol. The Labute approximate surface area is 165 Å². The van der Waals surface area contributed by atoms with E-state index in [9.17, 15) is 4.79 Å². The molecule has 1 fully saturated rings. The summed E-state index contributed by atoms with van der Waals surface area (Å²) in [5.41, 5.74) is 0.937. The summed E-state index contributed by atoms with van der Waals surface area (Å²) in [6, 6.07) is 8.04. The second-order valence-corrected chi connectivity index (χ2v) is 8.18. The molecular formula is C20H28N4O2S. The van der Waals surface area contributed by atoms with Crippen LogP contribution in [-0.4, -0.2) is 50.9 Å². The van der Waals surface area contributed by atoms with Crippen molar-refractivity contribution in [3.05, 3.63) is 24.3 Å². The zero-order valence-electron chi connectivity index (χ0n) is 16.3. The Kier molecular flexibility index (Phi) is 6.77. The Hall–Kier alpha value is -2.02. The zero-order valence-corrected chi connectivity index (χ0v) is 17.1. The first kappa shape index (κ1) is 19.7. The Bertz CT molecular complexity index is 741. The average Bonchev–Trinajstić information content (AvgIpc) is 3.17. The fourth-order valence-electron chi connectivity index (χ4n) is 3.61. The average molecular weight is 389 g/mol. The Morgan fingerprint density at radius 3 is 2.63 bits per heavy atom. The van der Waals surface area contributed by atoms with E-state index in [0.29, 0.717) is 17.0 Å². The number of aromatic nitrogens is 3. The number of thioether (sulfide) groups is 1. The summed E-state index contributed by atoms with van der Waals surface area (Å²) in [5.74, 6) is 1.68. The molecule has 1 aromatic carbocycles. The molecule has 7 heteroatoms. The third-order valence-electron chi connectivity index (χ3n) is 5.10. The maximum absolute atomic E-state index is 13.0. The number of nitrogens with one attached hydrogen (secondary N) is 1. The predicted octanol–water partition coefficient (Wildman–Crippen LogP) is 4.14. The number of ether oxygens (including phenoxy) is 1. The number of methoxy groups -OCH3 is 1. The number of H-pyrrole nitrogens is 1. The van der Waals surface area contributed by atoms with Gasteiger partial charge in [-0.05, 0) is 51.0 Å². The van der Waals surface area contributed by atoms with Crippen molar-refractivity contribution in [2.24, 2.45) is 0 Å². The van der Waals surface area contributed by atoms with Crippen LogP contribution in [0, 0.1) is 0 Å². The highest BCUT2D eigenvalue weighted by atomic mass is 32.2. The summed E-state index contributed by atoms with van der Waals surface area (Å²) >= 11 is 1.41. The van der Waals surface area contributed by atoms with Crippen molar-refractivity contribution in [1.82, 2.24) is 20.1 Å². The molecule has 0 spiro atoms. The van der Waals surface area contributed by atoms with E-state index in [2.05, 4.69) is 22.1 Å². The molecule has 1 aromatic heterocycles. The summed E-state index contributed by atoms with van der Waals surface area (Å²) in [7, 11) is 1.64. The summed E-state index contributed by atoms with van der Waals surface area (Å²) in [4.78, 5) is 19.5. The quantitative estimate of drug-likeness (QED) is 0.722. The maximum atomic E-state index is 13.0. The molecule has 1 atom stereocenters. The molecule has 1 saturated carbocycles. The number of carbonyl (C=O) groups is 1. The van der Waals surface area contributed by atoms with Gasteiger partial charge in [-0.1, -0.05) is 31.0 Å². The lowest BCUT2D eigenvalue weighted by Gasteiger charge is -2.35.